The van der Waals surface area contributed by atoms with Gasteiger partial charge in [0.1, 0.15) is 10.9 Å². The molecule has 0 saturated carbocycles. The number of ether oxygens (including phenoxy) is 1. The van der Waals surface area contributed by atoms with E-state index in [1.807, 2.05) is 12.1 Å². The summed E-state index contributed by atoms with van der Waals surface area (Å²) >= 11 is 5.91. The second-order valence-corrected chi connectivity index (χ2v) is 8.13. The Morgan fingerprint density at radius 1 is 1.08 bits per heavy atom. The summed E-state index contributed by atoms with van der Waals surface area (Å²) < 4.78 is 32.1. The lowest BCUT2D eigenvalue weighted by Crippen LogP contribution is -2.48. The predicted molar refractivity (Wildman–Crippen MR) is 96.3 cm³/mol. The molecule has 0 aliphatic carbocycles. The summed E-state index contributed by atoms with van der Waals surface area (Å²) in [6, 6.07) is 12.0. The zero-order valence-corrected chi connectivity index (χ0v) is 15.5. The predicted octanol–water partition coefficient (Wildman–Crippen LogP) is 2.25. The molecule has 1 fully saturated rings. The van der Waals surface area contributed by atoms with Crippen LogP contribution in [0.3, 0.4) is 0 Å². The first-order chi connectivity index (χ1) is 12.0. The smallest absolute Gasteiger partial charge is 0.243 e. The van der Waals surface area contributed by atoms with Gasteiger partial charge in [-0.05, 0) is 36.4 Å². The van der Waals surface area contributed by atoms with Gasteiger partial charge in [0.25, 0.3) is 0 Å². The molecule has 3 rings (SSSR count). The van der Waals surface area contributed by atoms with Gasteiger partial charge in [-0.1, -0.05) is 17.7 Å². The number of sulfonamides is 1. The van der Waals surface area contributed by atoms with E-state index in [4.69, 9.17) is 16.3 Å². The zero-order valence-electron chi connectivity index (χ0n) is 13.9. The Balaban J connectivity index is 1.62. The van der Waals surface area contributed by atoms with E-state index in [0.29, 0.717) is 48.5 Å². The Morgan fingerprint density at radius 2 is 1.76 bits per heavy atom. The van der Waals surface area contributed by atoms with E-state index >= 15 is 0 Å². The summed E-state index contributed by atoms with van der Waals surface area (Å²) in [6.07, 6.45) is 0. The van der Waals surface area contributed by atoms with Crippen LogP contribution in [0.5, 0.6) is 5.75 Å². The normalized spacial score (nSPS) is 16.7. The fraction of sp³-hybridized carbons (Fsp3) is 0.353. The lowest BCUT2D eigenvalue weighted by Gasteiger charge is -2.33. The van der Waals surface area contributed by atoms with Crippen molar-refractivity contribution < 1.29 is 13.2 Å². The van der Waals surface area contributed by atoms with Gasteiger partial charge < -0.3 is 4.74 Å². The van der Waals surface area contributed by atoms with Crippen molar-refractivity contribution in [2.75, 3.05) is 33.3 Å². The van der Waals surface area contributed by atoms with Crippen LogP contribution in [0.2, 0.25) is 5.15 Å². The standard InChI is InChI=1S/C17H20ClN3O3S/c1-24-15-5-7-16(8-6-15)25(22,23)21-11-9-20(10-12-21)13-14-3-2-4-17(18)19-14/h2-8H,9-13H2,1H3. The molecule has 2 aromatic rings. The van der Waals surface area contributed by atoms with Gasteiger partial charge in [0.2, 0.25) is 10.0 Å². The highest BCUT2D eigenvalue weighted by molar-refractivity contribution is 7.89. The van der Waals surface area contributed by atoms with Gasteiger partial charge in [0.05, 0.1) is 17.7 Å². The van der Waals surface area contributed by atoms with Crippen molar-refractivity contribution in [3.8, 4) is 5.75 Å². The molecule has 6 nitrogen and oxygen atoms in total. The number of hydrogen-bond acceptors (Lipinski definition) is 5. The lowest BCUT2D eigenvalue weighted by molar-refractivity contribution is 0.180. The maximum Gasteiger partial charge on any atom is 0.243 e. The van der Waals surface area contributed by atoms with Crippen LogP contribution in [0.1, 0.15) is 5.69 Å². The number of benzene rings is 1. The van der Waals surface area contributed by atoms with Crippen molar-refractivity contribution in [1.82, 2.24) is 14.2 Å². The number of piperazine rings is 1. The molecule has 0 N–H and O–H groups in total. The summed E-state index contributed by atoms with van der Waals surface area (Å²) in [5.41, 5.74) is 0.888. The topological polar surface area (TPSA) is 62.7 Å². The fourth-order valence-electron chi connectivity index (χ4n) is 2.79. The first-order valence-corrected chi connectivity index (χ1v) is 9.79. The van der Waals surface area contributed by atoms with E-state index in [-0.39, 0.29) is 0 Å². The zero-order chi connectivity index (χ0) is 17.9. The summed E-state index contributed by atoms with van der Waals surface area (Å²) in [7, 11) is -1.92. The molecule has 1 aliphatic heterocycles. The lowest BCUT2D eigenvalue weighted by atomic mass is 10.3. The number of methoxy groups -OCH3 is 1. The van der Waals surface area contributed by atoms with E-state index in [9.17, 15) is 8.42 Å². The molecule has 0 unspecified atom stereocenters. The third-order valence-corrected chi connectivity index (χ3v) is 6.31. The van der Waals surface area contributed by atoms with Crippen molar-refractivity contribution in [3.63, 3.8) is 0 Å². The minimum atomic E-state index is -3.48. The average Bonchev–Trinajstić information content (AvgIpc) is 2.62. The first kappa shape index (κ1) is 18.1. The van der Waals surface area contributed by atoms with E-state index in [0.717, 1.165) is 5.69 Å². The largest absolute Gasteiger partial charge is 0.497 e. The molecule has 2 heterocycles. The highest BCUT2D eigenvalue weighted by Crippen LogP contribution is 2.21. The summed E-state index contributed by atoms with van der Waals surface area (Å²) in [5, 5.41) is 0.471. The van der Waals surface area contributed by atoms with Crippen molar-refractivity contribution >= 4 is 21.6 Å². The van der Waals surface area contributed by atoms with Crippen LogP contribution in [0.15, 0.2) is 47.4 Å². The van der Waals surface area contributed by atoms with E-state index in [1.54, 1.807) is 37.4 Å². The van der Waals surface area contributed by atoms with Crippen molar-refractivity contribution in [2.24, 2.45) is 0 Å². The van der Waals surface area contributed by atoms with Crippen LogP contribution in [-0.4, -0.2) is 55.9 Å². The highest BCUT2D eigenvalue weighted by Gasteiger charge is 2.28. The Hall–Kier alpha value is -1.67. The maximum absolute atomic E-state index is 12.7. The van der Waals surface area contributed by atoms with Crippen LogP contribution in [0.25, 0.3) is 0 Å². The average molecular weight is 382 g/mol. The highest BCUT2D eigenvalue weighted by atomic mass is 35.5. The number of hydrogen-bond donors (Lipinski definition) is 0. The molecule has 0 spiro atoms. The Morgan fingerprint density at radius 3 is 2.36 bits per heavy atom. The monoisotopic (exact) mass is 381 g/mol. The number of nitrogens with zero attached hydrogens (tertiary/aromatic N) is 3. The number of halogens is 1. The second-order valence-electron chi connectivity index (χ2n) is 5.81. The molecule has 1 saturated heterocycles. The van der Waals surface area contributed by atoms with Crippen LogP contribution in [-0.2, 0) is 16.6 Å². The quantitative estimate of drug-likeness (QED) is 0.743. The van der Waals surface area contributed by atoms with Gasteiger partial charge in [0, 0.05) is 32.7 Å². The van der Waals surface area contributed by atoms with Gasteiger partial charge in [-0.3, -0.25) is 4.90 Å². The number of pyridine rings is 1. The molecule has 134 valence electrons. The van der Waals surface area contributed by atoms with E-state index in [2.05, 4.69) is 9.88 Å². The molecule has 0 atom stereocenters. The van der Waals surface area contributed by atoms with Gasteiger partial charge in [0.15, 0.2) is 0 Å². The van der Waals surface area contributed by atoms with Crippen LogP contribution < -0.4 is 4.74 Å². The third kappa shape index (κ3) is 4.30. The molecule has 8 heteroatoms. The Bertz CT molecular complexity index is 819. The van der Waals surface area contributed by atoms with Crippen molar-refractivity contribution in [3.05, 3.63) is 53.3 Å². The van der Waals surface area contributed by atoms with Gasteiger partial charge in [-0.25, -0.2) is 13.4 Å². The SMILES string of the molecule is COc1ccc(S(=O)(=O)N2CCN(Cc3cccc(Cl)n3)CC2)cc1. The molecule has 1 aromatic carbocycles. The van der Waals surface area contributed by atoms with Gasteiger partial charge in [-0.2, -0.15) is 4.31 Å². The third-order valence-electron chi connectivity index (χ3n) is 4.19. The van der Waals surface area contributed by atoms with Crippen LogP contribution >= 0.6 is 11.6 Å². The van der Waals surface area contributed by atoms with Gasteiger partial charge >= 0.3 is 0 Å². The molecular weight excluding hydrogens is 362 g/mol. The maximum atomic E-state index is 12.7. The molecular formula is C17H20ClN3O3S. The first-order valence-electron chi connectivity index (χ1n) is 7.97. The summed E-state index contributed by atoms with van der Waals surface area (Å²) in [4.78, 5) is 6.75. The molecule has 25 heavy (non-hydrogen) atoms. The molecule has 1 aromatic heterocycles. The van der Waals surface area contributed by atoms with Crippen LogP contribution in [0.4, 0.5) is 0 Å². The number of aromatic nitrogens is 1. The van der Waals surface area contributed by atoms with Crippen LogP contribution in [0, 0.1) is 0 Å². The second kappa shape index (κ2) is 7.70. The van der Waals surface area contributed by atoms with E-state index < -0.39 is 10.0 Å². The van der Waals surface area contributed by atoms with Crippen molar-refractivity contribution in [1.29, 1.82) is 0 Å². The molecule has 0 bridgehead atoms. The van der Waals surface area contributed by atoms with Crippen molar-refractivity contribution in [2.45, 2.75) is 11.4 Å². The van der Waals surface area contributed by atoms with Gasteiger partial charge in [-0.15, -0.1) is 0 Å². The molecule has 0 radical (unpaired) electrons. The Labute approximate surface area is 153 Å². The molecule has 0 amide bonds. The van der Waals surface area contributed by atoms with E-state index in [1.165, 1.54) is 4.31 Å². The summed E-state index contributed by atoms with van der Waals surface area (Å²) in [5.74, 6) is 0.637. The Kier molecular flexibility index (Phi) is 5.58. The number of rotatable bonds is 5. The molecule has 1 aliphatic rings. The minimum absolute atomic E-state index is 0.290. The fourth-order valence-corrected chi connectivity index (χ4v) is 4.40. The summed E-state index contributed by atoms with van der Waals surface area (Å²) in [6.45, 7) is 2.88. The minimum Gasteiger partial charge on any atom is -0.497 e.